The minimum Gasteiger partial charge on any atom is -0.352 e. The largest absolute Gasteiger partial charge is 0.352 e. The minimum atomic E-state index is -0.425. The molecule has 3 rings (SSSR count). The van der Waals surface area contributed by atoms with Gasteiger partial charge in [-0.05, 0) is 19.1 Å². The van der Waals surface area contributed by atoms with E-state index in [0.717, 1.165) is 0 Å². The van der Waals surface area contributed by atoms with Gasteiger partial charge in [-0.2, -0.15) is 0 Å². The monoisotopic (exact) mass is 291 g/mol. The molecule has 1 N–H and O–H groups in total. The molecule has 0 unspecified atom stereocenters. The van der Waals surface area contributed by atoms with Gasteiger partial charge < -0.3 is 5.32 Å². The van der Waals surface area contributed by atoms with E-state index < -0.39 is 11.6 Å². The fraction of sp³-hybridized carbons (Fsp3) is 0.0556. The molecule has 1 aliphatic carbocycles. The minimum absolute atomic E-state index is 0.0439. The normalized spacial score (nSPS) is 13.9. The van der Waals surface area contributed by atoms with Crippen molar-refractivity contribution in [1.29, 1.82) is 0 Å². The zero-order valence-corrected chi connectivity index (χ0v) is 11.9. The first-order valence-electron chi connectivity index (χ1n) is 6.85. The topological polar surface area (TPSA) is 63.2 Å². The number of carbonyl (C=O) groups is 3. The lowest BCUT2D eigenvalue weighted by Crippen LogP contribution is -2.29. The zero-order valence-electron chi connectivity index (χ0n) is 11.9. The Morgan fingerprint density at radius 2 is 1.36 bits per heavy atom. The summed E-state index contributed by atoms with van der Waals surface area (Å²) >= 11 is 0. The summed E-state index contributed by atoms with van der Waals surface area (Å²) < 4.78 is 0. The molecule has 0 saturated heterocycles. The van der Waals surface area contributed by atoms with Crippen LogP contribution in [0, 0.1) is 0 Å². The maximum Gasteiger partial charge on any atom is 0.210 e. The summed E-state index contributed by atoms with van der Waals surface area (Å²) in [6, 6.07) is 15.5. The Hall–Kier alpha value is -3.01. The number of anilines is 1. The summed E-state index contributed by atoms with van der Waals surface area (Å²) in [5, 5.41) is 2.92. The summed E-state index contributed by atoms with van der Waals surface area (Å²) in [4.78, 5) is 37.1. The highest BCUT2D eigenvalue weighted by molar-refractivity contribution is 6.36. The number of ketones is 3. The van der Waals surface area contributed by atoms with E-state index in [1.807, 2.05) is 6.07 Å². The highest BCUT2D eigenvalue weighted by atomic mass is 16.2. The second-order valence-electron chi connectivity index (χ2n) is 5.00. The highest BCUT2D eigenvalue weighted by Crippen LogP contribution is 2.27. The van der Waals surface area contributed by atoms with Gasteiger partial charge >= 0.3 is 0 Å². The van der Waals surface area contributed by atoms with Crippen LogP contribution in [0.3, 0.4) is 0 Å². The SMILES string of the molecule is CC(=O)C1=C(Nc2ccccc2)C(=O)c2ccccc2C1=O. The Balaban J connectivity index is 2.15. The summed E-state index contributed by atoms with van der Waals surface area (Å²) in [5.74, 6) is -1.18. The van der Waals surface area contributed by atoms with Crippen molar-refractivity contribution in [3.8, 4) is 0 Å². The molecule has 0 radical (unpaired) electrons. The molecular formula is C18H13NO3. The Kier molecular flexibility index (Phi) is 3.43. The van der Waals surface area contributed by atoms with Crippen LogP contribution in [0.5, 0.6) is 0 Å². The van der Waals surface area contributed by atoms with Crippen LogP contribution >= 0.6 is 0 Å². The number of benzene rings is 2. The second-order valence-corrected chi connectivity index (χ2v) is 5.00. The number of allylic oxidation sites excluding steroid dienone is 2. The van der Waals surface area contributed by atoms with Gasteiger partial charge in [-0.3, -0.25) is 14.4 Å². The molecule has 0 aromatic heterocycles. The molecule has 1 aliphatic rings. The van der Waals surface area contributed by atoms with Crippen LogP contribution in [0.2, 0.25) is 0 Å². The first-order valence-corrected chi connectivity index (χ1v) is 6.85. The van der Waals surface area contributed by atoms with Gasteiger partial charge in [-0.25, -0.2) is 0 Å². The van der Waals surface area contributed by atoms with Gasteiger partial charge in [0.05, 0.1) is 5.57 Å². The van der Waals surface area contributed by atoms with E-state index in [0.29, 0.717) is 11.3 Å². The van der Waals surface area contributed by atoms with Crippen LogP contribution in [-0.4, -0.2) is 17.3 Å². The molecule has 2 aromatic rings. The van der Waals surface area contributed by atoms with Gasteiger partial charge in [0.25, 0.3) is 0 Å². The van der Waals surface area contributed by atoms with Crippen molar-refractivity contribution in [3.63, 3.8) is 0 Å². The molecule has 2 aromatic carbocycles. The molecule has 0 spiro atoms. The summed E-state index contributed by atoms with van der Waals surface area (Å²) in [7, 11) is 0. The van der Waals surface area contributed by atoms with Crippen molar-refractivity contribution in [2.24, 2.45) is 0 Å². The van der Waals surface area contributed by atoms with Gasteiger partial charge in [-0.1, -0.05) is 42.5 Å². The van der Waals surface area contributed by atoms with Gasteiger partial charge in [0.15, 0.2) is 11.6 Å². The van der Waals surface area contributed by atoms with Crippen LogP contribution in [0.15, 0.2) is 65.9 Å². The quantitative estimate of drug-likeness (QED) is 0.883. The fourth-order valence-corrected chi connectivity index (χ4v) is 2.50. The first kappa shape index (κ1) is 13.9. The smallest absolute Gasteiger partial charge is 0.210 e. The van der Waals surface area contributed by atoms with Crippen LogP contribution < -0.4 is 5.32 Å². The lowest BCUT2D eigenvalue weighted by molar-refractivity contribution is -0.113. The number of hydrogen-bond acceptors (Lipinski definition) is 4. The molecular weight excluding hydrogens is 278 g/mol. The third kappa shape index (κ3) is 2.24. The van der Waals surface area contributed by atoms with Crippen molar-refractivity contribution in [2.45, 2.75) is 6.92 Å². The van der Waals surface area contributed by atoms with Crippen LogP contribution in [0.25, 0.3) is 0 Å². The van der Waals surface area contributed by atoms with Crippen molar-refractivity contribution in [1.82, 2.24) is 0 Å². The molecule has 0 saturated carbocycles. The average Bonchev–Trinajstić information content (AvgIpc) is 2.53. The van der Waals surface area contributed by atoms with E-state index in [4.69, 9.17) is 0 Å². The van der Waals surface area contributed by atoms with E-state index in [-0.39, 0.29) is 22.6 Å². The standard InChI is InChI=1S/C18H13NO3/c1-11(20)15-16(19-12-7-3-2-4-8-12)18(22)14-10-6-5-9-13(14)17(15)21/h2-10,19H,1H3. The van der Waals surface area contributed by atoms with Crippen LogP contribution in [-0.2, 0) is 4.79 Å². The number of rotatable bonds is 3. The fourth-order valence-electron chi connectivity index (χ4n) is 2.50. The number of nitrogens with one attached hydrogen (secondary N) is 1. The Labute approximate surface area is 127 Å². The van der Waals surface area contributed by atoms with Crippen molar-refractivity contribution >= 4 is 23.0 Å². The molecule has 0 atom stereocenters. The van der Waals surface area contributed by atoms with E-state index in [9.17, 15) is 14.4 Å². The zero-order chi connectivity index (χ0) is 15.7. The molecule has 4 nitrogen and oxygen atoms in total. The molecule has 0 fully saturated rings. The molecule has 0 heterocycles. The summed E-state index contributed by atoms with van der Waals surface area (Å²) in [5.41, 5.74) is 1.19. The molecule has 0 amide bonds. The predicted octanol–water partition coefficient (Wildman–Crippen LogP) is 3.02. The maximum atomic E-state index is 12.7. The lowest BCUT2D eigenvalue weighted by atomic mass is 9.85. The molecule has 108 valence electrons. The van der Waals surface area contributed by atoms with Gasteiger partial charge in [0.2, 0.25) is 5.78 Å². The number of fused-ring (bicyclic) bond motifs is 1. The van der Waals surface area contributed by atoms with Crippen molar-refractivity contribution < 1.29 is 14.4 Å². The first-order chi connectivity index (χ1) is 10.6. The number of Topliss-reactive ketones (excluding diaryl/α,β-unsaturated/α-hetero) is 3. The maximum absolute atomic E-state index is 12.7. The molecule has 22 heavy (non-hydrogen) atoms. The van der Waals surface area contributed by atoms with Gasteiger partial charge in [0, 0.05) is 16.8 Å². The molecule has 0 bridgehead atoms. The summed E-state index contributed by atoms with van der Waals surface area (Å²) in [6.07, 6.45) is 0. The number of hydrogen-bond donors (Lipinski definition) is 1. The predicted molar refractivity (Wildman–Crippen MR) is 82.9 cm³/mol. The van der Waals surface area contributed by atoms with E-state index in [2.05, 4.69) is 5.32 Å². The lowest BCUT2D eigenvalue weighted by Gasteiger charge is -2.20. The molecule has 4 heteroatoms. The Bertz CT molecular complexity index is 819. The third-order valence-electron chi connectivity index (χ3n) is 3.52. The van der Waals surface area contributed by atoms with Crippen molar-refractivity contribution in [3.05, 3.63) is 77.0 Å². The Morgan fingerprint density at radius 1 is 0.818 bits per heavy atom. The van der Waals surface area contributed by atoms with E-state index >= 15 is 0 Å². The van der Waals surface area contributed by atoms with E-state index in [1.54, 1.807) is 48.5 Å². The summed E-state index contributed by atoms with van der Waals surface area (Å²) in [6.45, 7) is 1.29. The average molecular weight is 291 g/mol. The van der Waals surface area contributed by atoms with Crippen LogP contribution in [0.1, 0.15) is 27.6 Å². The van der Waals surface area contributed by atoms with Crippen molar-refractivity contribution in [2.75, 3.05) is 5.32 Å². The molecule has 0 aliphatic heterocycles. The van der Waals surface area contributed by atoms with Gasteiger partial charge in [-0.15, -0.1) is 0 Å². The number of para-hydroxylation sites is 1. The Morgan fingerprint density at radius 3 is 1.95 bits per heavy atom. The second kappa shape index (κ2) is 5.41. The highest BCUT2D eigenvalue weighted by Gasteiger charge is 2.34. The number of carbonyl (C=O) groups excluding carboxylic acids is 3. The third-order valence-corrected chi connectivity index (χ3v) is 3.52. The van der Waals surface area contributed by atoms with E-state index in [1.165, 1.54) is 6.92 Å². The van der Waals surface area contributed by atoms with Crippen LogP contribution in [0.4, 0.5) is 5.69 Å². The van der Waals surface area contributed by atoms with Gasteiger partial charge in [0.1, 0.15) is 5.70 Å².